The number of methoxy groups -OCH3 is 1. The largest absolute Gasteiger partial charge is 0.472 e. The Morgan fingerprint density at radius 3 is 3.14 bits per heavy atom. The second-order valence-electron chi connectivity index (χ2n) is 5.98. The van der Waals surface area contributed by atoms with E-state index in [0.717, 1.165) is 45.8 Å². The molecule has 0 bridgehead atoms. The van der Waals surface area contributed by atoms with Crippen LogP contribution in [0, 0.1) is 5.92 Å². The molecule has 0 spiro atoms. The summed E-state index contributed by atoms with van der Waals surface area (Å²) in [6.07, 6.45) is 4.05. The van der Waals surface area contributed by atoms with Gasteiger partial charge in [0, 0.05) is 45.2 Å². The van der Waals surface area contributed by atoms with E-state index in [2.05, 4.69) is 4.90 Å². The fourth-order valence-corrected chi connectivity index (χ4v) is 3.41. The molecule has 0 saturated carbocycles. The monoisotopic (exact) mass is 308 g/mol. The fourth-order valence-electron chi connectivity index (χ4n) is 3.41. The molecule has 2 saturated heterocycles. The number of likely N-dealkylation sites (tertiary alicyclic amines) is 1. The predicted octanol–water partition coefficient (Wildman–Crippen LogP) is 1.09. The molecular formula is C16H24N2O4. The summed E-state index contributed by atoms with van der Waals surface area (Å²) in [6, 6.07) is 2.08. The number of rotatable bonds is 4. The summed E-state index contributed by atoms with van der Waals surface area (Å²) in [5, 5.41) is 0. The number of piperidine rings is 1. The summed E-state index contributed by atoms with van der Waals surface area (Å²) < 4.78 is 16.0. The van der Waals surface area contributed by atoms with Crippen LogP contribution in [0.3, 0.4) is 0 Å². The quantitative estimate of drug-likeness (QED) is 0.833. The normalized spacial score (nSPS) is 26.5. The van der Waals surface area contributed by atoms with Crippen LogP contribution in [0.5, 0.6) is 0 Å². The van der Waals surface area contributed by atoms with Crippen LogP contribution in [-0.4, -0.2) is 74.9 Å². The number of amides is 1. The SMILES string of the molecule is COCCN1CCOC[C@H]2CCN(C(=O)c3ccoc3)C[C@H]21. The van der Waals surface area contributed by atoms with E-state index < -0.39 is 0 Å². The second-order valence-corrected chi connectivity index (χ2v) is 5.98. The number of nitrogens with zero attached hydrogens (tertiary/aromatic N) is 2. The maximum Gasteiger partial charge on any atom is 0.257 e. The van der Waals surface area contributed by atoms with E-state index in [-0.39, 0.29) is 5.91 Å². The Balaban J connectivity index is 1.69. The third kappa shape index (κ3) is 3.34. The van der Waals surface area contributed by atoms with Crippen LogP contribution in [0.1, 0.15) is 16.8 Å². The maximum atomic E-state index is 12.5. The summed E-state index contributed by atoms with van der Waals surface area (Å²) in [5.74, 6) is 0.553. The highest BCUT2D eigenvalue weighted by atomic mass is 16.5. The molecule has 2 atom stereocenters. The average Bonchev–Trinajstić information content (AvgIpc) is 3.01. The van der Waals surface area contributed by atoms with Gasteiger partial charge in [-0.2, -0.15) is 0 Å². The van der Waals surface area contributed by atoms with Crippen LogP contribution in [-0.2, 0) is 9.47 Å². The van der Waals surface area contributed by atoms with Crippen molar-refractivity contribution in [3.8, 4) is 0 Å². The molecule has 3 heterocycles. The molecule has 2 fully saturated rings. The number of ether oxygens (including phenoxy) is 2. The van der Waals surface area contributed by atoms with Gasteiger partial charge in [0.25, 0.3) is 5.91 Å². The van der Waals surface area contributed by atoms with Gasteiger partial charge < -0.3 is 18.8 Å². The van der Waals surface area contributed by atoms with E-state index in [1.807, 2.05) is 4.90 Å². The highest BCUT2D eigenvalue weighted by Crippen LogP contribution is 2.26. The maximum absolute atomic E-state index is 12.5. The summed E-state index contributed by atoms with van der Waals surface area (Å²) in [7, 11) is 1.72. The minimum Gasteiger partial charge on any atom is -0.472 e. The number of hydrogen-bond donors (Lipinski definition) is 0. The van der Waals surface area contributed by atoms with Crippen molar-refractivity contribution in [1.29, 1.82) is 0 Å². The second kappa shape index (κ2) is 7.26. The van der Waals surface area contributed by atoms with Gasteiger partial charge in [-0.05, 0) is 12.5 Å². The molecular weight excluding hydrogens is 284 g/mol. The fraction of sp³-hybridized carbons (Fsp3) is 0.688. The lowest BCUT2D eigenvalue weighted by Crippen LogP contribution is -2.55. The Labute approximate surface area is 131 Å². The zero-order valence-electron chi connectivity index (χ0n) is 13.1. The van der Waals surface area contributed by atoms with E-state index in [1.165, 1.54) is 6.26 Å². The minimum atomic E-state index is 0.0593. The van der Waals surface area contributed by atoms with Gasteiger partial charge in [-0.3, -0.25) is 9.69 Å². The van der Waals surface area contributed by atoms with Crippen molar-refractivity contribution >= 4 is 5.91 Å². The molecule has 122 valence electrons. The topological polar surface area (TPSA) is 55.2 Å². The number of carbonyl (C=O) groups is 1. The zero-order valence-corrected chi connectivity index (χ0v) is 13.1. The average molecular weight is 308 g/mol. The van der Waals surface area contributed by atoms with Crippen LogP contribution < -0.4 is 0 Å². The van der Waals surface area contributed by atoms with Crippen LogP contribution in [0.2, 0.25) is 0 Å². The summed E-state index contributed by atoms with van der Waals surface area (Å²) in [4.78, 5) is 16.9. The lowest BCUT2D eigenvalue weighted by atomic mass is 9.91. The molecule has 0 aromatic carbocycles. The summed E-state index contributed by atoms with van der Waals surface area (Å²) in [6.45, 7) is 5.58. The van der Waals surface area contributed by atoms with Crippen LogP contribution in [0.25, 0.3) is 0 Å². The molecule has 2 aliphatic rings. The molecule has 1 amide bonds. The van der Waals surface area contributed by atoms with Crippen molar-refractivity contribution in [2.45, 2.75) is 12.5 Å². The molecule has 3 rings (SSSR count). The van der Waals surface area contributed by atoms with E-state index in [1.54, 1.807) is 19.4 Å². The van der Waals surface area contributed by atoms with Crippen molar-refractivity contribution in [2.24, 2.45) is 5.92 Å². The smallest absolute Gasteiger partial charge is 0.257 e. The van der Waals surface area contributed by atoms with Gasteiger partial charge in [0.2, 0.25) is 0 Å². The van der Waals surface area contributed by atoms with Gasteiger partial charge in [-0.15, -0.1) is 0 Å². The van der Waals surface area contributed by atoms with Crippen LogP contribution in [0.4, 0.5) is 0 Å². The lowest BCUT2D eigenvalue weighted by Gasteiger charge is -2.42. The molecule has 0 radical (unpaired) electrons. The van der Waals surface area contributed by atoms with Gasteiger partial charge in [0.15, 0.2) is 0 Å². The van der Waals surface area contributed by atoms with Gasteiger partial charge in [-0.25, -0.2) is 0 Å². The number of furan rings is 1. The van der Waals surface area contributed by atoms with Gasteiger partial charge in [-0.1, -0.05) is 0 Å². The van der Waals surface area contributed by atoms with Crippen LogP contribution in [0.15, 0.2) is 23.0 Å². The Morgan fingerprint density at radius 1 is 1.45 bits per heavy atom. The first kappa shape index (κ1) is 15.5. The van der Waals surface area contributed by atoms with E-state index in [0.29, 0.717) is 24.1 Å². The number of hydrogen-bond acceptors (Lipinski definition) is 5. The highest BCUT2D eigenvalue weighted by molar-refractivity contribution is 5.93. The van der Waals surface area contributed by atoms with Gasteiger partial charge in [0.1, 0.15) is 6.26 Å². The number of carbonyl (C=O) groups excluding carboxylic acids is 1. The van der Waals surface area contributed by atoms with Crippen LogP contribution >= 0.6 is 0 Å². The van der Waals surface area contributed by atoms with E-state index >= 15 is 0 Å². The van der Waals surface area contributed by atoms with Crippen molar-refractivity contribution < 1.29 is 18.7 Å². The van der Waals surface area contributed by atoms with E-state index in [4.69, 9.17) is 13.9 Å². The minimum absolute atomic E-state index is 0.0593. The summed E-state index contributed by atoms with van der Waals surface area (Å²) >= 11 is 0. The van der Waals surface area contributed by atoms with Gasteiger partial charge >= 0.3 is 0 Å². The third-order valence-electron chi connectivity index (χ3n) is 4.68. The number of fused-ring (bicyclic) bond motifs is 1. The molecule has 0 unspecified atom stereocenters. The third-order valence-corrected chi connectivity index (χ3v) is 4.68. The molecule has 1 aromatic rings. The molecule has 22 heavy (non-hydrogen) atoms. The Kier molecular flexibility index (Phi) is 5.12. The molecule has 6 heteroatoms. The first-order valence-corrected chi connectivity index (χ1v) is 7.92. The predicted molar refractivity (Wildman–Crippen MR) is 80.8 cm³/mol. The lowest BCUT2D eigenvalue weighted by molar-refractivity contribution is 0.0327. The summed E-state index contributed by atoms with van der Waals surface area (Å²) in [5.41, 5.74) is 0.631. The van der Waals surface area contributed by atoms with E-state index in [9.17, 15) is 4.79 Å². The standard InChI is InChI=1S/C16H24N2O4/c1-20-8-5-17-6-9-22-11-13-2-4-18(10-15(13)17)16(19)14-3-7-21-12-14/h3,7,12-13,15H,2,4-6,8-11H2,1H3/t13-,15-/m1/s1. The van der Waals surface area contributed by atoms with Gasteiger partial charge in [0.05, 0.1) is 31.6 Å². The first-order chi connectivity index (χ1) is 10.8. The molecule has 6 nitrogen and oxygen atoms in total. The molecule has 0 aliphatic carbocycles. The Hall–Kier alpha value is -1.37. The Morgan fingerprint density at radius 2 is 2.36 bits per heavy atom. The first-order valence-electron chi connectivity index (χ1n) is 7.92. The molecule has 2 aliphatic heterocycles. The molecule has 0 N–H and O–H groups in total. The van der Waals surface area contributed by atoms with Crippen molar-refractivity contribution in [3.05, 3.63) is 24.2 Å². The Bertz CT molecular complexity index is 477. The van der Waals surface area contributed by atoms with Crippen molar-refractivity contribution in [2.75, 3.05) is 53.1 Å². The molecule has 1 aromatic heterocycles. The van der Waals surface area contributed by atoms with Crippen molar-refractivity contribution in [3.63, 3.8) is 0 Å². The van der Waals surface area contributed by atoms with Crippen molar-refractivity contribution in [1.82, 2.24) is 9.80 Å². The zero-order chi connectivity index (χ0) is 15.4. The highest BCUT2D eigenvalue weighted by Gasteiger charge is 2.36.